The Labute approximate surface area is 120 Å². The van der Waals surface area contributed by atoms with Gasteiger partial charge >= 0.3 is 0 Å². The van der Waals surface area contributed by atoms with Crippen LogP contribution >= 0.6 is 11.6 Å². The minimum absolute atomic E-state index is 0.161. The van der Waals surface area contributed by atoms with Gasteiger partial charge in [-0.05, 0) is 24.3 Å². The minimum atomic E-state index is -0.298. The lowest BCUT2D eigenvalue weighted by atomic mass is 10.2. The van der Waals surface area contributed by atoms with Crippen LogP contribution in [0.2, 0.25) is 5.15 Å². The van der Waals surface area contributed by atoms with E-state index in [4.69, 9.17) is 16.0 Å². The third kappa shape index (κ3) is 2.39. The Morgan fingerprint density at radius 3 is 2.70 bits per heavy atom. The molecule has 0 amide bonds. The molecule has 0 aliphatic rings. The molecule has 0 bridgehead atoms. The van der Waals surface area contributed by atoms with Crippen LogP contribution in [0, 0.1) is 5.82 Å². The summed E-state index contributed by atoms with van der Waals surface area (Å²) in [5.41, 5.74) is 1.22. The van der Waals surface area contributed by atoms with E-state index in [1.807, 2.05) is 13.8 Å². The van der Waals surface area contributed by atoms with E-state index in [-0.39, 0.29) is 11.7 Å². The van der Waals surface area contributed by atoms with Crippen LogP contribution in [-0.2, 0) is 0 Å². The molecule has 0 unspecified atom stereocenters. The summed E-state index contributed by atoms with van der Waals surface area (Å²) in [5.74, 6) is 1.07. The number of rotatable bonds is 2. The van der Waals surface area contributed by atoms with Gasteiger partial charge in [-0.3, -0.25) is 0 Å². The van der Waals surface area contributed by atoms with E-state index in [0.29, 0.717) is 33.4 Å². The summed E-state index contributed by atoms with van der Waals surface area (Å²) in [5, 5.41) is 1.06. The van der Waals surface area contributed by atoms with E-state index in [2.05, 4.69) is 9.97 Å². The molecule has 0 radical (unpaired) electrons. The average Bonchev–Trinajstić information content (AvgIpc) is 2.80. The molecule has 0 fully saturated rings. The smallest absolute Gasteiger partial charge is 0.153 e. The number of hydrogen-bond donors (Lipinski definition) is 0. The molecule has 102 valence electrons. The lowest BCUT2D eigenvalue weighted by Crippen LogP contribution is -1.98. The molecule has 3 aromatic rings. The molecule has 0 atom stereocenters. The maximum atomic E-state index is 13.2. The Morgan fingerprint density at radius 2 is 1.95 bits per heavy atom. The monoisotopic (exact) mass is 290 g/mol. The predicted octanol–water partition coefficient (Wildman–Crippen LogP) is 4.81. The number of hydrogen-bond acceptors (Lipinski definition) is 3. The molecular weight excluding hydrogens is 279 g/mol. The molecule has 20 heavy (non-hydrogen) atoms. The van der Waals surface area contributed by atoms with Crippen LogP contribution in [0.5, 0.6) is 0 Å². The molecule has 0 aliphatic carbocycles. The minimum Gasteiger partial charge on any atom is -0.454 e. The molecule has 5 heteroatoms. The lowest BCUT2D eigenvalue weighted by Gasteiger charge is -2.05. The molecule has 3 nitrogen and oxygen atoms in total. The molecule has 3 rings (SSSR count). The third-order valence-electron chi connectivity index (χ3n) is 2.96. The number of benzene rings is 1. The summed E-state index contributed by atoms with van der Waals surface area (Å²) in [6, 6.07) is 7.78. The highest BCUT2D eigenvalue weighted by molar-refractivity contribution is 6.29. The zero-order valence-electron chi connectivity index (χ0n) is 11.0. The standard InChI is InChI=1S/C15H12ClFN2O/c1-8(2)15-18-11(7-14(16)19-15)13-6-9-5-10(17)3-4-12(9)20-13/h3-8H,1-2H3. The van der Waals surface area contributed by atoms with Crippen molar-refractivity contribution >= 4 is 22.6 Å². The van der Waals surface area contributed by atoms with Crippen LogP contribution < -0.4 is 0 Å². The van der Waals surface area contributed by atoms with Crippen molar-refractivity contribution in [3.8, 4) is 11.5 Å². The Kier molecular flexibility index (Phi) is 3.18. The molecule has 2 heterocycles. The fraction of sp³-hybridized carbons (Fsp3) is 0.200. The first-order valence-corrected chi connectivity index (χ1v) is 6.64. The molecular formula is C15H12ClFN2O. The van der Waals surface area contributed by atoms with Gasteiger partial charge in [0.05, 0.1) is 0 Å². The number of fused-ring (bicyclic) bond motifs is 1. The SMILES string of the molecule is CC(C)c1nc(Cl)cc(-c2cc3cc(F)ccc3o2)n1. The first kappa shape index (κ1) is 13.1. The van der Waals surface area contributed by atoms with Gasteiger partial charge in [0.1, 0.15) is 28.1 Å². The van der Waals surface area contributed by atoms with Gasteiger partial charge in [-0.2, -0.15) is 0 Å². The molecule has 0 aliphatic heterocycles. The van der Waals surface area contributed by atoms with Crippen molar-refractivity contribution in [2.24, 2.45) is 0 Å². The van der Waals surface area contributed by atoms with E-state index in [1.54, 1.807) is 18.2 Å². The number of aromatic nitrogens is 2. The second kappa shape index (κ2) is 4.87. The summed E-state index contributed by atoms with van der Waals surface area (Å²) in [7, 11) is 0. The van der Waals surface area contributed by atoms with Gasteiger partial charge in [-0.1, -0.05) is 25.4 Å². The van der Waals surface area contributed by atoms with Crippen LogP contribution in [-0.4, -0.2) is 9.97 Å². The third-order valence-corrected chi connectivity index (χ3v) is 3.15. The summed E-state index contributed by atoms with van der Waals surface area (Å²) < 4.78 is 18.9. The molecule has 0 N–H and O–H groups in total. The average molecular weight is 291 g/mol. The summed E-state index contributed by atoms with van der Waals surface area (Å²) in [6.07, 6.45) is 0. The van der Waals surface area contributed by atoms with Crippen LogP contribution in [0.4, 0.5) is 4.39 Å². The summed E-state index contributed by atoms with van der Waals surface area (Å²) >= 11 is 6.02. The Morgan fingerprint density at radius 1 is 1.15 bits per heavy atom. The van der Waals surface area contributed by atoms with Gasteiger partial charge < -0.3 is 4.42 Å². The van der Waals surface area contributed by atoms with Crippen molar-refractivity contribution in [3.05, 3.63) is 47.1 Å². The topological polar surface area (TPSA) is 38.9 Å². The Bertz CT molecular complexity index is 783. The van der Waals surface area contributed by atoms with Crippen LogP contribution in [0.25, 0.3) is 22.4 Å². The number of nitrogens with zero attached hydrogens (tertiary/aromatic N) is 2. The first-order valence-electron chi connectivity index (χ1n) is 6.27. The maximum absolute atomic E-state index is 13.2. The second-order valence-corrected chi connectivity index (χ2v) is 5.27. The largest absolute Gasteiger partial charge is 0.454 e. The van der Waals surface area contributed by atoms with Gasteiger partial charge in [-0.25, -0.2) is 14.4 Å². The molecule has 1 aromatic carbocycles. The van der Waals surface area contributed by atoms with E-state index >= 15 is 0 Å². The predicted molar refractivity (Wildman–Crippen MR) is 76.3 cm³/mol. The van der Waals surface area contributed by atoms with Gasteiger partial charge in [0, 0.05) is 17.4 Å². The fourth-order valence-corrected chi connectivity index (χ4v) is 2.15. The van der Waals surface area contributed by atoms with E-state index in [9.17, 15) is 4.39 Å². The first-order chi connectivity index (χ1) is 9.52. The number of halogens is 2. The van der Waals surface area contributed by atoms with Crippen molar-refractivity contribution in [2.75, 3.05) is 0 Å². The quantitative estimate of drug-likeness (QED) is 0.636. The van der Waals surface area contributed by atoms with Gasteiger partial charge in [0.2, 0.25) is 0 Å². The fourth-order valence-electron chi connectivity index (χ4n) is 1.96. The van der Waals surface area contributed by atoms with Crippen molar-refractivity contribution in [1.29, 1.82) is 0 Å². The normalized spacial score (nSPS) is 11.4. The van der Waals surface area contributed by atoms with E-state index in [0.717, 1.165) is 0 Å². The highest BCUT2D eigenvalue weighted by atomic mass is 35.5. The highest BCUT2D eigenvalue weighted by Gasteiger charge is 2.12. The molecule has 0 saturated carbocycles. The zero-order valence-corrected chi connectivity index (χ0v) is 11.8. The van der Waals surface area contributed by atoms with Crippen molar-refractivity contribution < 1.29 is 8.81 Å². The van der Waals surface area contributed by atoms with Crippen LogP contribution in [0.15, 0.2) is 34.7 Å². The lowest BCUT2D eigenvalue weighted by molar-refractivity contribution is 0.616. The molecule has 0 spiro atoms. The van der Waals surface area contributed by atoms with Crippen molar-refractivity contribution in [2.45, 2.75) is 19.8 Å². The Balaban J connectivity index is 2.15. The maximum Gasteiger partial charge on any atom is 0.153 e. The van der Waals surface area contributed by atoms with Gasteiger partial charge in [0.25, 0.3) is 0 Å². The van der Waals surface area contributed by atoms with Crippen LogP contribution in [0.3, 0.4) is 0 Å². The summed E-state index contributed by atoms with van der Waals surface area (Å²) in [4.78, 5) is 8.62. The second-order valence-electron chi connectivity index (χ2n) is 4.88. The van der Waals surface area contributed by atoms with Gasteiger partial charge in [0.15, 0.2) is 5.76 Å². The highest BCUT2D eigenvalue weighted by Crippen LogP contribution is 2.29. The van der Waals surface area contributed by atoms with E-state index < -0.39 is 0 Å². The van der Waals surface area contributed by atoms with Crippen LogP contribution in [0.1, 0.15) is 25.6 Å². The van der Waals surface area contributed by atoms with E-state index in [1.165, 1.54) is 12.1 Å². The summed E-state index contributed by atoms with van der Waals surface area (Å²) in [6.45, 7) is 3.98. The Hall–Kier alpha value is -1.94. The molecule has 2 aromatic heterocycles. The zero-order chi connectivity index (χ0) is 14.3. The molecule has 0 saturated heterocycles. The van der Waals surface area contributed by atoms with Gasteiger partial charge in [-0.15, -0.1) is 0 Å². The number of furan rings is 1. The van der Waals surface area contributed by atoms with Crippen molar-refractivity contribution in [1.82, 2.24) is 9.97 Å². The van der Waals surface area contributed by atoms with Crippen molar-refractivity contribution in [3.63, 3.8) is 0 Å².